The number of nitriles is 1. The van der Waals surface area contributed by atoms with Crippen LogP contribution >= 0.6 is 0 Å². The van der Waals surface area contributed by atoms with Crippen molar-refractivity contribution in [3.8, 4) is 11.8 Å². The van der Waals surface area contributed by atoms with Gasteiger partial charge in [0.2, 0.25) is 0 Å². The molecule has 4 heteroatoms. The van der Waals surface area contributed by atoms with Gasteiger partial charge in [0.05, 0.1) is 24.2 Å². The minimum atomic E-state index is -0.219. The highest BCUT2D eigenvalue weighted by Gasteiger charge is 2.09. The molecule has 2 rings (SSSR count). The Balaban J connectivity index is 2.52. The molecule has 4 nitrogen and oxygen atoms in total. The maximum atomic E-state index is 8.78. The largest absolute Gasteiger partial charge is 0.497 e. The van der Waals surface area contributed by atoms with E-state index in [1.165, 1.54) is 0 Å². The first kappa shape index (κ1) is 9.53. The summed E-state index contributed by atoms with van der Waals surface area (Å²) in [7, 11) is 1.62. The Bertz CT molecular complexity index is 524. The number of fused-ring (bicyclic) bond motifs is 1. The van der Waals surface area contributed by atoms with Gasteiger partial charge in [-0.25, -0.2) is 4.98 Å². The van der Waals surface area contributed by atoms with Crippen LogP contribution in [-0.4, -0.2) is 17.1 Å². The number of benzene rings is 1. The molecule has 1 heterocycles. The van der Waals surface area contributed by atoms with Gasteiger partial charge in [-0.3, -0.25) is 0 Å². The second-order valence-electron chi connectivity index (χ2n) is 3.36. The molecule has 76 valence electrons. The van der Waals surface area contributed by atoms with Crippen molar-refractivity contribution >= 4 is 11.0 Å². The second kappa shape index (κ2) is 3.62. The number of H-pyrrole nitrogens is 1. The van der Waals surface area contributed by atoms with Crippen molar-refractivity contribution in [2.24, 2.45) is 0 Å². The molecule has 2 aromatic rings. The maximum Gasteiger partial charge on any atom is 0.124 e. The molecule has 1 aromatic carbocycles. The standard InChI is InChI=1S/C11H11N3O/c1-7(6-12)11-13-9-4-3-8(15-2)5-10(9)14-11/h3-5,7H,1-2H3,(H,13,14). The van der Waals surface area contributed by atoms with E-state index in [2.05, 4.69) is 16.0 Å². The van der Waals surface area contributed by atoms with Crippen molar-refractivity contribution in [1.82, 2.24) is 9.97 Å². The summed E-state index contributed by atoms with van der Waals surface area (Å²) in [6, 6.07) is 7.74. The molecule has 0 bridgehead atoms. The number of ether oxygens (including phenoxy) is 1. The normalized spacial score (nSPS) is 12.3. The number of aromatic amines is 1. The minimum Gasteiger partial charge on any atom is -0.497 e. The minimum absolute atomic E-state index is 0.219. The Morgan fingerprint density at radius 2 is 2.33 bits per heavy atom. The van der Waals surface area contributed by atoms with Gasteiger partial charge in [-0.2, -0.15) is 5.26 Å². The number of hydrogen-bond donors (Lipinski definition) is 1. The van der Waals surface area contributed by atoms with Gasteiger partial charge in [0, 0.05) is 6.07 Å². The van der Waals surface area contributed by atoms with Gasteiger partial charge in [0.25, 0.3) is 0 Å². The van der Waals surface area contributed by atoms with Gasteiger partial charge in [-0.1, -0.05) is 0 Å². The zero-order valence-corrected chi connectivity index (χ0v) is 8.61. The monoisotopic (exact) mass is 201 g/mol. The van der Waals surface area contributed by atoms with Crippen LogP contribution in [0.25, 0.3) is 11.0 Å². The lowest BCUT2D eigenvalue weighted by Crippen LogP contribution is -1.91. The van der Waals surface area contributed by atoms with Crippen molar-refractivity contribution in [1.29, 1.82) is 5.26 Å². The van der Waals surface area contributed by atoms with E-state index in [0.717, 1.165) is 16.8 Å². The highest BCUT2D eigenvalue weighted by molar-refractivity contribution is 5.77. The number of hydrogen-bond acceptors (Lipinski definition) is 3. The Hall–Kier alpha value is -2.02. The molecule has 0 radical (unpaired) electrons. The van der Waals surface area contributed by atoms with Crippen LogP contribution in [0.15, 0.2) is 18.2 Å². The average molecular weight is 201 g/mol. The van der Waals surface area contributed by atoms with E-state index in [0.29, 0.717) is 5.82 Å². The molecule has 1 N–H and O–H groups in total. The van der Waals surface area contributed by atoms with E-state index < -0.39 is 0 Å². The van der Waals surface area contributed by atoms with Crippen LogP contribution in [0.3, 0.4) is 0 Å². The van der Waals surface area contributed by atoms with Gasteiger partial charge in [0.1, 0.15) is 17.5 Å². The van der Waals surface area contributed by atoms with Crippen molar-refractivity contribution in [2.45, 2.75) is 12.8 Å². The summed E-state index contributed by atoms with van der Waals surface area (Å²) in [6.45, 7) is 1.81. The van der Waals surface area contributed by atoms with Crippen molar-refractivity contribution in [3.05, 3.63) is 24.0 Å². The molecule has 0 fully saturated rings. The first-order chi connectivity index (χ1) is 7.24. The summed E-state index contributed by atoms with van der Waals surface area (Å²) in [5.41, 5.74) is 1.75. The maximum absolute atomic E-state index is 8.78. The Morgan fingerprint density at radius 1 is 1.53 bits per heavy atom. The number of imidazole rings is 1. The lowest BCUT2D eigenvalue weighted by Gasteiger charge is -1.96. The molecule has 0 aliphatic heterocycles. The van der Waals surface area contributed by atoms with E-state index >= 15 is 0 Å². The third-order valence-electron chi connectivity index (χ3n) is 2.31. The fourth-order valence-corrected chi connectivity index (χ4v) is 1.40. The molecule has 0 aliphatic carbocycles. The summed E-state index contributed by atoms with van der Waals surface area (Å²) in [4.78, 5) is 7.43. The van der Waals surface area contributed by atoms with Crippen LogP contribution in [0.1, 0.15) is 18.7 Å². The zero-order valence-electron chi connectivity index (χ0n) is 8.61. The molecule has 1 atom stereocenters. The summed E-state index contributed by atoms with van der Waals surface area (Å²) in [5.74, 6) is 1.26. The van der Waals surface area contributed by atoms with Crippen LogP contribution < -0.4 is 4.74 Å². The third-order valence-corrected chi connectivity index (χ3v) is 2.31. The highest BCUT2D eigenvalue weighted by Crippen LogP contribution is 2.21. The molecule has 1 unspecified atom stereocenters. The fourth-order valence-electron chi connectivity index (χ4n) is 1.40. The quantitative estimate of drug-likeness (QED) is 0.810. The number of aromatic nitrogens is 2. The Labute approximate surface area is 87.5 Å². The molecule has 0 saturated heterocycles. The molecule has 1 aromatic heterocycles. The number of nitrogens with one attached hydrogen (secondary N) is 1. The van der Waals surface area contributed by atoms with Crippen LogP contribution in [0.4, 0.5) is 0 Å². The van der Waals surface area contributed by atoms with Gasteiger partial charge in [-0.05, 0) is 19.1 Å². The summed E-state index contributed by atoms with van der Waals surface area (Å²) in [5, 5.41) is 8.78. The topological polar surface area (TPSA) is 61.7 Å². The molecule has 0 saturated carbocycles. The molecule has 0 aliphatic rings. The van der Waals surface area contributed by atoms with E-state index in [9.17, 15) is 0 Å². The summed E-state index contributed by atoms with van der Waals surface area (Å²) in [6.07, 6.45) is 0. The van der Waals surface area contributed by atoms with Gasteiger partial charge < -0.3 is 9.72 Å². The van der Waals surface area contributed by atoms with E-state index in [1.54, 1.807) is 7.11 Å². The molecule has 15 heavy (non-hydrogen) atoms. The molecule has 0 amide bonds. The van der Waals surface area contributed by atoms with E-state index in [-0.39, 0.29) is 5.92 Å². The SMILES string of the molecule is COc1ccc2nc(C(C)C#N)[nH]c2c1. The van der Waals surface area contributed by atoms with Crippen molar-refractivity contribution in [3.63, 3.8) is 0 Å². The third kappa shape index (κ3) is 1.64. The van der Waals surface area contributed by atoms with E-state index in [1.807, 2.05) is 25.1 Å². The fraction of sp³-hybridized carbons (Fsp3) is 0.273. The first-order valence-electron chi connectivity index (χ1n) is 4.68. The van der Waals surface area contributed by atoms with Crippen molar-refractivity contribution < 1.29 is 4.74 Å². The smallest absolute Gasteiger partial charge is 0.124 e. The van der Waals surface area contributed by atoms with Gasteiger partial charge in [0.15, 0.2) is 0 Å². The predicted octanol–water partition coefficient (Wildman–Crippen LogP) is 2.20. The zero-order chi connectivity index (χ0) is 10.8. The summed E-state index contributed by atoms with van der Waals surface area (Å²) < 4.78 is 5.11. The Kier molecular flexibility index (Phi) is 2.30. The predicted molar refractivity (Wildman–Crippen MR) is 56.7 cm³/mol. The molecule has 0 spiro atoms. The van der Waals surface area contributed by atoms with Gasteiger partial charge in [-0.15, -0.1) is 0 Å². The number of nitrogens with zero attached hydrogens (tertiary/aromatic N) is 2. The van der Waals surface area contributed by atoms with Crippen LogP contribution in [-0.2, 0) is 0 Å². The van der Waals surface area contributed by atoms with E-state index in [4.69, 9.17) is 10.00 Å². The lowest BCUT2D eigenvalue weighted by molar-refractivity contribution is 0.415. The second-order valence-corrected chi connectivity index (χ2v) is 3.36. The summed E-state index contributed by atoms with van der Waals surface area (Å²) >= 11 is 0. The van der Waals surface area contributed by atoms with Gasteiger partial charge >= 0.3 is 0 Å². The van der Waals surface area contributed by atoms with Crippen LogP contribution in [0, 0.1) is 11.3 Å². The van der Waals surface area contributed by atoms with Crippen molar-refractivity contribution in [2.75, 3.05) is 7.11 Å². The average Bonchev–Trinajstić information content (AvgIpc) is 2.70. The van der Waals surface area contributed by atoms with Crippen LogP contribution in [0.5, 0.6) is 5.75 Å². The lowest BCUT2D eigenvalue weighted by atomic mass is 10.2. The Morgan fingerprint density at radius 3 is 3.00 bits per heavy atom. The highest BCUT2D eigenvalue weighted by atomic mass is 16.5. The number of rotatable bonds is 2. The molecular formula is C11H11N3O. The number of methoxy groups -OCH3 is 1. The molecular weight excluding hydrogens is 190 g/mol. The van der Waals surface area contributed by atoms with Crippen LogP contribution in [0.2, 0.25) is 0 Å². The first-order valence-corrected chi connectivity index (χ1v) is 4.68.